The number of nitrogens with zero attached hydrogens (tertiary/aromatic N) is 2. The van der Waals surface area contributed by atoms with Crippen molar-refractivity contribution in [1.29, 1.82) is 0 Å². The van der Waals surface area contributed by atoms with Crippen LogP contribution in [0.5, 0.6) is 5.75 Å². The van der Waals surface area contributed by atoms with E-state index >= 15 is 0 Å². The Labute approximate surface area is 134 Å². The van der Waals surface area contributed by atoms with Crippen molar-refractivity contribution in [2.45, 2.75) is 40.3 Å². The Kier molecular flexibility index (Phi) is 5.67. The number of halogens is 1. The van der Waals surface area contributed by atoms with Gasteiger partial charge in [-0.1, -0.05) is 19.1 Å². The lowest BCUT2D eigenvalue weighted by molar-refractivity contribution is 0.341. The SMILES string of the molecule is CCOc1ccccc1NCc1c(Br)c(CC)nn1CC. The maximum absolute atomic E-state index is 5.64. The highest BCUT2D eigenvalue weighted by Gasteiger charge is 2.14. The number of rotatable bonds is 7. The number of aromatic nitrogens is 2. The van der Waals surface area contributed by atoms with Gasteiger partial charge in [-0.2, -0.15) is 5.10 Å². The van der Waals surface area contributed by atoms with Crippen LogP contribution >= 0.6 is 15.9 Å². The molecule has 0 unspecified atom stereocenters. The van der Waals surface area contributed by atoms with Crippen molar-refractivity contribution in [3.63, 3.8) is 0 Å². The van der Waals surface area contributed by atoms with Gasteiger partial charge in [0.05, 0.1) is 34.7 Å². The molecule has 0 saturated carbocycles. The molecule has 0 atom stereocenters. The maximum atomic E-state index is 5.64. The van der Waals surface area contributed by atoms with E-state index in [1.807, 2.05) is 35.9 Å². The summed E-state index contributed by atoms with van der Waals surface area (Å²) >= 11 is 3.67. The van der Waals surface area contributed by atoms with E-state index in [-0.39, 0.29) is 0 Å². The van der Waals surface area contributed by atoms with Crippen LogP contribution in [0.15, 0.2) is 28.7 Å². The Morgan fingerprint density at radius 3 is 2.67 bits per heavy atom. The largest absolute Gasteiger partial charge is 0.492 e. The second-order valence-corrected chi connectivity index (χ2v) is 5.45. The molecular weight excluding hydrogens is 330 g/mol. The smallest absolute Gasteiger partial charge is 0.142 e. The van der Waals surface area contributed by atoms with Crippen LogP contribution in [0, 0.1) is 0 Å². The molecule has 0 aliphatic heterocycles. The van der Waals surface area contributed by atoms with Crippen LogP contribution in [-0.2, 0) is 19.5 Å². The van der Waals surface area contributed by atoms with E-state index in [0.29, 0.717) is 13.2 Å². The molecule has 1 aromatic heterocycles. The predicted molar refractivity (Wildman–Crippen MR) is 89.9 cm³/mol. The average molecular weight is 352 g/mol. The number of aryl methyl sites for hydroxylation is 2. The maximum Gasteiger partial charge on any atom is 0.142 e. The molecule has 0 aliphatic rings. The van der Waals surface area contributed by atoms with Gasteiger partial charge in [-0.25, -0.2) is 0 Å². The number of para-hydroxylation sites is 2. The molecule has 0 fully saturated rings. The summed E-state index contributed by atoms with van der Waals surface area (Å²) in [5, 5.41) is 8.07. The van der Waals surface area contributed by atoms with Crippen LogP contribution in [0.3, 0.4) is 0 Å². The summed E-state index contributed by atoms with van der Waals surface area (Å²) in [4.78, 5) is 0. The van der Waals surface area contributed by atoms with Crippen LogP contribution in [0.4, 0.5) is 5.69 Å². The minimum atomic E-state index is 0.662. The summed E-state index contributed by atoms with van der Waals surface area (Å²) in [6.45, 7) is 8.46. The van der Waals surface area contributed by atoms with E-state index in [2.05, 4.69) is 40.2 Å². The number of ether oxygens (including phenoxy) is 1. The third kappa shape index (κ3) is 3.59. The van der Waals surface area contributed by atoms with Gasteiger partial charge in [0.2, 0.25) is 0 Å². The fraction of sp³-hybridized carbons (Fsp3) is 0.438. The third-order valence-corrected chi connectivity index (χ3v) is 4.24. The van der Waals surface area contributed by atoms with E-state index in [1.165, 1.54) is 5.69 Å². The lowest BCUT2D eigenvalue weighted by Crippen LogP contribution is -2.09. The van der Waals surface area contributed by atoms with Crippen molar-refractivity contribution < 1.29 is 4.74 Å². The molecule has 114 valence electrons. The average Bonchev–Trinajstić information content (AvgIpc) is 2.82. The summed E-state index contributed by atoms with van der Waals surface area (Å²) in [6, 6.07) is 8.01. The minimum absolute atomic E-state index is 0.662. The zero-order valence-corrected chi connectivity index (χ0v) is 14.4. The lowest BCUT2D eigenvalue weighted by atomic mass is 10.2. The van der Waals surface area contributed by atoms with E-state index in [0.717, 1.165) is 34.6 Å². The first-order chi connectivity index (χ1) is 10.2. The van der Waals surface area contributed by atoms with Crippen molar-refractivity contribution in [3.05, 3.63) is 40.1 Å². The van der Waals surface area contributed by atoms with Crippen LogP contribution < -0.4 is 10.1 Å². The Hall–Kier alpha value is -1.49. The van der Waals surface area contributed by atoms with Crippen molar-refractivity contribution in [2.24, 2.45) is 0 Å². The highest BCUT2D eigenvalue weighted by molar-refractivity contribution is 9.10. The van der Waals surface area contributed by atoms with Gasteiger partial charge in [0.25, 0.3) is 0 Å². The van der Waals surface area contributed by atoms with E-state index in [9.17, 15) is 0 Å². The first-order valence-corrected chi connectivity index (χ1v) is 8.20. The molecule has 0 amide bonds. The van der Waals surface area contributed by atoms with Crippen LogP contribution in [0.25, 0.3) is 0 Å². The number of hydrogen-bond donors (Lipinski definition) is 1. The summed E-state index contributed by atoms with van der Waals surface area (Å²) in [5.74, 6) is 0.884. The molecule has 1 aromatic carbocycles. The molecule has 0 bridgehead atoms. The van der Waals surface area contributed by atoms with E-state index < -0.39 is 0 Å². The molecule has 1 heterocycles. The van der Waals surface area contributed by atoms with Crippen LogP contribution in [-0.4, -0.2) is 16.4 Å². The summed E-state index contributed by atoms with van der Waals surface area (Å²) in [7, 11) is 0. The van der Waals surface area contributed by atoms with Crippen molar-refractivity contribution in [2.75, 3.05) is 11.9 Å². The first kappa shape index (κ1) is 15.9. The molecule has 0 radical (unpaired) electrons. The highest BCUT2D eigenvalue weighted by atomic mass is 79.9. The van der Waals surface area contributed by atoms with Gasteiger partial charge in [0, 0.05) is 6.54 Å². The number of nitrogens with one attached hydrogen (secondary N) is 1. The van der Waals surface area contributed by atoms with Crippen LogP contribution in [0.2, 0.25) is 0 Å². The van der Waals surface area contributed by atoms with E-state index in [1.54, 1.807) is 0 Å². The fourth-order valence-electron chi connectivity index (χ4n) is 2.26. The Bertz CT molecular complexity index is 595. The zero-order valence-electron chi connectivity index (χ0n) is 12.8. The van der Waals surface area contributed by atoms with Gasteiger partial charge in [-0.3, -0.25) is 4.68 Å². The fourth-order valence-corrected chi connectivity index (χ4v) is 2.96. The number of anilines is 1. The van der Waals surface area contributed by atoms with Gasteiger partial charge >= 0.3 is 0 Å². The van der Waals surface area contributed by atoms with Crippen molar-refractivity contribution in [3.8, 4) is 5.75 Å². The molecule has 5 heteroatoms. The second kappa shape index (κ2) is 7.50. The van der Waals surface area contributed by atoms with Crippen molar-refractivity contribution in [1.82, 2.24) is 9.78 Å². The Balaban J connectivity index is 2.18. The number of benzene rings is 1. The topological polar surface area (TPSA) is 39.1 Å². The van der Waals surface area contributed by atoms with Gasteiger partial charge in [-0.05, 0) is 48.3 Å². The highest BCUT2D eigenvalue weighted by Crippen LogP contribution is 2.27. The molecule has 0 spiro atoms. The van der Waals surface area contributed by atoms with E-state index in [4.69, 9.17) is 4.74 Å². The molecule has 1 N–H and O–H groups in total. The molecule has 4 nitrogen and oxygen atoms in total. The summed E-state index contributed by atoms with van der Waals surface area (Å²) < 4.78 is 8.79. The molecule has 2 aromatic rings. The Morgan fingerprint density at radius 2 is 2.00 bits per heavy atom. The molecule has 21 heavy (non-hydrogen) atoms. The van der Waals surface area contributed by atoms with Gasteiger partial charge < -0.3 is 10.1 Å². The number of hydrogen-bond acceptors (Lipinski definition) is 3. The lowest BCUT2D eigenvalue weighted by Gasteiger charge is -2.13. The zero-order chi connectivity index (χ0) is 15.2. The first-order valence-electron chi connectivity index (χ1n) is 7.40. The van der Waals surface area contributed by atoms with Crippen LogP contribution in [0.1, 0.15) is 32.2 Å². The van der Waals surface area contributed by atoms with Gasteiger partial charge in [0.1, 0.15) is 5.75 Å². The van der Waals surface area contributed by atoms with Gasteiger partial charge in [0.15, 0.2) is 0 Å². The minimum Gasteiger partial charge on any atom is -0.492 e. The summed E-state index contributed by atoms with van der Waals surface area (Å²) in [6.07, 6.45) is 0.927. The standard InChI is InChI=1S/C16H22BrN3O/c1-4-12-16(17)14(20(5-2)19-12)11-18-13-9-7-8-10-15(13)21-6-3/h7-10,18H,4-6,11H2,1-3H3. The molecule has 0 saturated heterocycles. The second-order valence-electron chi connectivity index (χ2n) is 4.66. The molecule has 2 rings (SSSR count). The quantitative estimate of drug-likeness (QED) is 0.810. The van der Waals surface area contributed by atoms with Crippen molar-refractivity contribution >= 4 is 21.6 Å². The molecule has 0 aliphatic carbocycles. The monoisotopic (exact) mass is 351 g/mol. The van der Waals surface area contributed by atoms with Gasteiger partial charge in [-0.15, -0.1) is 0 Å². The summed E-state index contributed by atoms with van der Waals surface area (Å²) in [5.41, 5.74) is 3.28. The molecular formula is C16H22BrN3O. The third-order valence-electron chi connectivity index (χ3n) is 3.33. The normalized spacial score (nSPS) is 10.7. The predicted octanol–water partition coefficient (Wildman–Crippen LogP) is 4.24. The Morgan fingerprint density at radius 1 is 1.24 bits per heavy atom.